The number of nitrogens with zero attached hydrogens (tertiary/aromatic N) is 5. The topological polar surface area (TPSA) is 48.0 Å². The first-order valence-corrected chi connectivity index (χ1v) is 15.7. The van der Waals surface area contributed by atoms with E-state index in [2.05, 4.69) is 149 Å². The highest BCUT2D eigenvalue weighted by atomic mass is 15.1. The number of rotatable bonds is 5. The Morgan fingerprint density at radius 2 is 1.24 bits per heavy atom. The fourth-order valence-corrected chi connectivity index (χ4v) is 6.80. The van der Waals surface area contributed by atoms with Crippen LogP contribution < -0.4 is 0 Å². The predicted octanol–water partition coefficient (Wildman–Crippen LogP) is 9.94. The molecule has 5 heteroatoms. The lowest BCUT2D eigenvalue weighted by atomic mass is 9.97. The molecule has 5 nitrogen and oxygen atoms in total. The monoisotopic (exact) mass is 591 g/mol. The van der Waals surface area contributed by atoms with E-state index in [0.29, 0.717) is 0 Å². The van der Waals surface area contributed by atoms with Crippen molar-refractivity contribution in [2.24, 2.45) is 0 Å². The van der Waals surface area contributed by atoms with Crippen LogP contribution >= 0.6 is 0 Å². The molecule has 0 bridgehead atoms. The van der Waals surface area contributed by atoms with Gasteiger partial charge in [-0.2, -0.15) is 0 Å². The molecule has 46 heavy (non-hydrogen) atoms. The number of imidazole rings is 2. The van der Waals surface area contributed by atoms with Crippen molar-refractivity contribution in [1.82, 2.24) is 23.9 Å². The smallest absolute Gasteiger partial charge is 0.137 e. The summed E-state index contributed by atoms with van der Waals surface area (Å²) in [5, 5.41) is 3.36. The number of pyridine rings is 2. The largest absolute Gasteiger partial charge is 0.299 e. The SMILES string of the molecule is CCc1nc2c3c(-c4ccc(-c5c(-c6ccccc6)nc6ccccn56)cc4)nc4ccccc4c3ccc2n1-c1ccccc1. The number of para-hydroxylation sites is 2. The van der Waals surface area contributed by atoms with E-state index in [-0.39, 0.29) is 0 Å². The third-order valence-corrected chi connectivity index (χ3v) is 8.90. The molecule has 0 radical (unpaired) electrons. The summed E-state index contributed by atoms with van der Waals surface area (Å²) in [5.41, 5.74) is 11.3. The van der Waals surface area contributed by atoms with Gasteiger partial charge in [0.15, 0.2) is 0 Å². The van der Waals surface area contributed by atoms with Gasteiger partial charge in [0.25, 0.3) is 0 Å². The van der Waals surface area contributed by atoms with Crippen LogP contribution in [0.15, 0.2) is 146 Å². The second-order valence-corrected chi connectivity index (χ2v) is 11.6. The molecule has 0 aliphatic heterocycles. The number of aromatic nitrogens is 5. The minimum atomic E-state index is 0.819. The van der Waals surface area contributed by atoms with E-state index in [4.69, 9.17) is 15.0 Å². The van der Waals surface area contributed by atoms with Gasteiger partial charge in [0.1, 0.15) is 11.5 Å². The van der Waals surface area contributed by atoms with Crippen LogP contribution in [0.25, 0.3) is 77.8 Å². The molecule has 0 amide bonds. The number of fused-ring (bicyclic) bond motifs is 6. The Bertz CT molecular complexity index is 2540. The number of benzene rings is 5. The minimum Gasteiger partial charge on any atom is -0.299 e. The van der Waals surface area contributed by atoms with E-state index < -0.39 is 0 Å². The molecule has 9 aromatic rings. The quantitative estimate of drug-likeness (QED) is 0.187. The zero-order valence-electron chi connectivity index (χ0n) is 25.3. The summed E-state index contributed by atoms with van der Waals surface area (Å²) in [6, 6.07) is 48.7. The van der Waals surface area contributed by atoms with Gasteiger partial charge in [0.2, 0.25) is 0 Å². The average Bonchev–Trinajstić information content (AvgIpc) is 3.71. The maximum atomic E-state index is 5.30. The van der Waals surface area contributed by atoms with Crippen LogP contribution in [0.5, 0.6) is 0 Å². The van der Waals surface area contributed by atoms with Gasteiger partial charge in [-0.05, 0) is 41.8 Å². The molecule has 0 saturated carbocycles. The van der Waals surface area contributed by atoms with Crippen molar-refractivity contribution in [3.63, 3.8) is 0 Å². The van der Waals surface area contributed by atoms with Crippen molar-refractivity contribution in [3.05, 3.63) is 152 Å². The van der Waals surface area contributed by atoms with E-state index in [1.807, 2.05) is 12.1 Å². The second-order valence-electron chi connectivity index (χ2n) is 11.6. The molecule has 0 saturated heterocycles. The van der Waals surface area contributed by atoms with Crippen LogP contribution in [0.2, 0.25) is 0 Å². The number of aryl methyl sites for hydroxylation is 1. The van der Waals surface area contributed by atoms with Gasteiger partial charge in [-0.3, -0.25) is 8.97 Å². The first kappa shape index (κ1) is 26.3. The fourth-order valence-electron chi connectivity index (χ4n) is 6.80. The van der Waals surface area contributed by atoms with Crippen molar-refractivity contribution >= 4 is 38.4 Å². The van der Waals surface area contributed by atoms with Gasteiger partial charge >= 0.3 is 0 Å². The first-order valence-electron chi connectivity index (χ1n) is 15.7. The number of hydrogen-bond donors (Lipinski definition) is 0. The van der Waals surface area contributed by atoms with Gasteiger partial charge in [-0.1, -0.05) is 110 Å². The van der Waals surface area contributed by atoms with E-state index >= 15 is 0 Å². The molecule has 0 N–H and O–H groups in total. The number of hydrogen-bond acceptors (Lipinski definition) is 3. The molecule has 9 rings (SSSR count). The normalized spacial score (nSPS) is 11.7. The Labute approximate surface area is 266 Å². The summed E-state index contributed by atoms with van der Waals surface area (Å²) in [5.74, 6) is 1.03. The summed E-state index contributed by atoms with van der Waals surface area (Å²) in [7, 11) is 0. The Balaban J connectivity index is 1.28. The van der Waals surface area contributed by atoms with Crippen molar-refractivity contribution in [3.8, 4) is 39.5 Å². The molecule has 5 aromatic carbocycles. The third kappa shape index (κ3) is 4.06. The average molecular weight is 592 g/mol. The summed E-state index contributed by atoms with van der Waals surface area (Å²) in [6.45, 7) is 2.17. The maximum Gasteiger partial charge on any atom is 0.137 e. The molecule has 0 unspecified atom stereocenters. The van der Waals surface area contributed by atoms with Gasteiger partial charge in [-0.25, -0.2) is 15.0 Å². The zero-order chi connectivity index (χ0) is 30.6. The third-order valence-electron chi connectivity index (χ3n) is 8.90. The highest BCUT2D eigenvalue weighted by molar-refractivity contribution is 6.19. The fraction of sp³-hybridized carbons (Fsp3) is 0.0488. The molecule has 0 spiro atoms. The standard InChI is InChI=1S/C41H29N5/c1-2-35-43-40-34(46(35)30-15-7-4-8-16-30)25-24-32-31-17-9-10-18-33(31)42-38(37(32)40)28-20-22-29(23-21-28)41-39(27-13-5-3-6-14-27)44-36-19-11-12-26-45(36)41/h3-26H,2H2,1H3. The molecular weight excluding hydrogens is 562 g/mol. The lowest BCUT2D eigenvalue weighted by Crippen LogP contribution is -1.99. The molecule has 0 aliphatic carbocycles. The summed E-state index contributed by atoms with van der Waals surface area (Å²) in [6.07, 6.45) is 2.90. The molecule has 0 atom stereocenters. The van der Waals surface area contributed by atoms with Crippen molar-refractivity contribution in [1.29, 1.82) is 0 Å². The molecule has 0 aliphatic rings. The van der Waals surface area contributed by atoms with E-state index in [1.54, 1.807) is 0 Å². The van der Waals surface area contributed by atoms with E-state index in [1.165, 1.54) is 0 Å². The summed E-state index contributed by atoms with van der Waals surface area (Å²) >= 11 is 0. The first-order chi connectivity index (χ1) is 22.8. The maximum absolute atomic E-state index is 5.30. The molecule has 4 aromatic heterocycles. The predicted molar refractivity (Wildman–Crippen MR) is 188 cm³/mol. The van der Waals surface area contributed by atoms with Crippen LogP contribution in [-0.4, -0.2) is 23.9 Å². The highest BCUT2D eigenvalue weighted by Gasteiger charge is 2.20. The van der Waals surface area contributed by atoms with Crippen LogP contribution in [-0.2, 0) is 6.42 Å². The van der Waals surface area contributed by atoms with Crippen molar-refractivity contribution < 1.29 is 0 Å². The molecular formula is C41H29N5. The molecule has 0 fully saturated rings. The van der Waals surface area contributed by atoms with Crippen LogP contribution in [0.4, 0.5) is 0 Å². The summed E-state index contributed by atoms with van der Waals surface area (Å²) in [4.78, 5) is 15.6. The highest BCUT2D eigenvalue weighted by Crippen LogP contribution is 2.39. The van der Waals surface area contributed by atoms with Gasteiger partial charge < -0.3 is 0 Å². The van der Waals surface area contributed by atoms with Crippen molar-refractivity contribution in [2.45, 2.75) is 13.3 Å². The van der Waals surface area contributed by atoms with Crippen LogP contribution in [0, 0.1) is 0 Å². The Kier molecular flexibility index (Phi) is 6.03. The molecule has 4 heterocycles. The zero-order valence-corrected chi connectivity index (χ0v) is 25.3. The van der Waals surface area contributed by atoms with Gasteiger partial charge in [0, 0.05) is 45.8 Å². The van der Waals surface area contributed by atoms with Gasteiger partial charge in [-0.15, -0.1) is 0 Å². The minimum absolute atomic E-state index is 0.819. The Hall–Kier alpha value is -6.07. The van der Waals surface area contributed by atoms with E-state index in [9.17, 15) is 0 Å². The van der Waals surface area contributed by atoms with Crippen LogP contribution in [0.3, 0.4) is 0 Å². The Morgan fingerprint density at radius 3 is 2.04 bits per heavy atom. The van der Waals surface area contributed by atoms with Crippen LogP contribution in [0.1, 0.15) is 12.7 Å². The Morgan fingerprint density at radius 1 is 0.543 bits per heavy atom. The van der Waals surface area contributed by atoms with E-state index in [0.717, 1.165) is 90.1 Å². The molecule has 218 valence electrons. The van der Waals surface area contributed by atoms with Gasteiger partial charge in [0.05, 0.1) is 33.6 Å². The second kappa shape index (κ2) is 10.5. The summed E-state index contributed by atoms with van der Waals surface area (Å²) < 4.78 is 4.46. The van der Waals surface area contributed by atoms with Crippen molar-refractivity contribution in [2.75, 3.05) is 0 Å². The lowest BCUT2D eigenvalue weighted by molar-refractivity contribution is 0.908. The lowest BCUT2D eigenvalue weighted by Gasteiger charge is -2.13.